The Morgan fingerprint density at radius 3 is 2.54 bits per heavy atom. The highest BCUT2D eigenvalue weighted by Crippen LogP contribution is 2.30. The van der Waals surface area contributed by atoms with Crippen molar-refractivity contribution < 1.29 is 4.79 Å². The van der Waals surface area contributed by atoms with E-state index in [4.69, 9.17) is 0 Å². The van der Waals surface area contributed by atoms with Gasteiger partial charge in [-0.2, -0.15) is 0 Å². The molecule has 128 valence electrons. The molecule has 1 aromatic carbocycles. The minimum Gasteiger partial charge on any atom is -0.351 e. The van der Waals surface area contributed by atoms with Gasteiger partial charge in [-0.3, -0.25) is 4.79 Å². The fourth-order valence-electron chi connectivity index (χ4n) is 2.46. The number of anilines is 2. The van der Waals surface area contributed by atoms with Gasteiger partial charge in [-0.05, 0) is 30.4 Å². The van der Waals surface area contributed by atoms with Gasteiger partial charge in [-0.25, -0.2) is 9.97 Å². The summed E-state index contributed by atoms with van der Waals surface area (Å²) in [5.74, 6) is 1.02. The standard InChI is InChI=1S/C19H26N4O/c1-6-11-20-18(24)16-12-17(22-13(2)21-16)23-15-10-8-7-9-14(15)19(3,4)5/h7-10,12H,6,11H2,1-5H3,(H,20,24)(H,21,22,23). The highest BCUT2D eigenvalue weighted by Gasteiger charge is 2.18. The molecule has 0 bridgehead atoms. The summed E-state index contributed by atoms with van der Waals surface area (Å²) in [7, 11) is 0. The third kappa shape index (κ3) is 4.54. The van der Waals surface area contributed by atoms with E-state index in [0.717, 1.165) is 12.1 Å². The maximum atomic E-state index is 12.2. The van der Waals surface area contributed by atoms with E-state index in [2.05, 4.69) is 47.4 Å². The molecule has 0 saturated heterocycles. The molecule has 5 nitrogen and oxygen atoms in total. The van der Waals surface area contributed by atoms with Crippen molar-refractivity contribution in [2.45, 2.75) is 46.5 Å². The Kier molecular flexibility index (Phi) is 5.54. The van der Waals surface area contributed by atoms with E-state index in [-0.39, 0.29) is 11.3 Å². The number of carbonyl (C=O) groups is 1. The number of amides is 1. The van der Waals surface area contributed by atoms with Crippen LogP contribution in [0.4, 0.5) is 11.5 Å². The number of nitrogens with zero attached hydrogens (tertiary/aromatic N) is 2. The van der Waals surface area contributed by atoms with Crippen molar-refractivity contribution in [3.8, 4) is 0 Å². The van der Waals surface area contributed by atoms with E-state index >= 15 is 0 Å². The second-order valence-corrected chi connectivity index (χ2v) is 6.86. The fraction of sp³-hybridized carbons (Fsp3) is 0.421. The lowest BCUT2D eigenvalue weighted by atomic mass is 9.86. The molecule has 0 aliphatic carbocycles. The van der Waals surface area contributed by atoms with Crippen LogP contribution in [-0.4, -0.2) is 22.4 Å². The first-order valence-electron chi connectivity index (χ1n) is 8.31. The molecule has 2 N–H and O–H groups in total. The number of benzene rings is 1. The Morgan fingerprint density at radius 1 is 1.17 bits per heavy atom. The summed E-state index contributed by atoms with van der Waals surface area (Å²) in [4.78, 5) is 20.8. The third-order valence-corrected chi connectivity index (χ3v) is 3.60. The minimum atomic E-state index is -0.172. The molecule has 2 rings (SSSR count). The number of rotatable bonds is 5. The molecule has 1 aromatic heterocycles. The lowest BCUT2D eigenvalue weighted by molar-refractivity contribution is 0.0948. The van der Waals surface area contributed by atoms with Crippen molar-refractivity contribution >= 4 is 17.4 Å². The number of aromatic nitrogens is 2. The van der Waals surface area contributed by atoms with Crippen molar-refractivity contribution in [3.05, 3.63) is 47.4 Å². The van der Waals surface area contributed by atoms with Crippen LogP contribution in [0.5, 0.6) is 0 Å². The normalized spacial score (nSPS) is 11.2. The SMILES string of the molecule is CCCNC(=O)c1cc(Nc2ccccc2C(C)(C)C)nc(C)n1. The molecule has 1 amide bonds. The van der Waals surface area contributed by atoms with E-state index in [1.165, 1.54) is 5.56 Å². The number of aryl methyl sites for hydroxylation is 1. The summed E-state index contributed by atoms with van der Waals surface area (Å²) in [5, 5.41) is 6.19. The Hall–Kier alpha value is -2.43. The minimum absolute atomic E-state index is 0.00694. The van der Waals surface area contributed by atoms with Crippen molar-refractivity contribution in [3.63, 3.8) is 0 Å². The predicted molar refractivity (Wildman–Crippen MR) is 97.8 cm³/mol. The smallest absolute Gasteiger partial charge is 0.270 e. The molecule has 0 fully saturated rings. The van der Waals surface area contributed by atoms with Crippen LogP contribution in [0.15, 0.2) is 30.3 Å². The number of hydrogen-bond donors (Lipinski definition) is 2. The topological polar surface area (TPSA) is 66.9 Å². The van der Waals surface area contributed by atoms with Crippen molar-refractivity contribution in [1.29, 1.82) is 0 Å². The molecular formula is C19H26N4O. The van der Waals surface area contributed by atoms with Gasteiger partial charge in [-0.1, -0.05) is 45.9 Å². The summed E-state index contributed by atoms with van der Waals surface area (Å²) in [6.07, 6.45) is 0.889. The summed E-state index contributed by atoms with van der Waals surface area (Å²) < 4.78 is 0. The average molecular weight is 326 g/mol. The lowest BCUT2D eigenvalue weighted by Gasteiger charge is -2.23. The van der Waals surface area contributed by atoms with Gasteiger partial charge >= 0.3 is 0 Å². The lowest BCUT2D eigenvalue weighted by Crippen LogP contribution is -2.25. The Balaban J connectivity index is 2.31. The van der Waals surface area contributed by atoms with Crippen molar-refractivity contribution in [2.24, 2.45) is 0 Å². The van der Waals surface area contributed by atoms with E-state index in [9.17, 15) is 4.79 Å². The highest BCUT2D eigenvalue weighted by atomic mass is 16.1. The summed E-state index contributed by atoms with van der Waals surface area (Å²) in [6, 6.07) is 9.83. The monoisotopic (exact) mass is 326 g/mol. The summed E-state index contributed by atoms with van der Waals surface area (Å²) in [6.45, 7) is 10.9. The maximum absolute atomic E-state index is 12.2. The van der Waals surface area contributed by atoms with Gasteiger partial charge in [0.15, 0.2) is 0 Å². The van der Waals surface area contributed by atoms with Crippen LogP contribution in [-0.2, 0) is 5.41 Å². The van der Waals surface area contributed by atoms with E-state index in [0.29, 0.717) is 23.9 Å². The van der Waals surface area contributed by atoms with Gasteiger partial charge in [0, 0.05) is 18.3 Å². The first kappa shape index (κ1) is 17.9. The third-order valence-electron chi connectivity index (χ3n) is 3.60. The average Bonchev–Trinajstić information content (AvgIpc) is 2.51. The van der Waals surface area contributed by atoms with Crippen molar-refractivity contribution in [1.82, 2.24) is 15.3 Å². The predicted octanol–water partition coefficient (Wildman–Crippen LogP) is 3.97. The molecule has 2 aromatic rings. The summed E-state index contributed by atoms with van der Waals surface area (Å²) in [5.41, 5.74) is 2.57. The zero-order chi connectivity index (χ0) is 17.7. The van der Waals surface area contributed by atoms with Crippen LogP contribution in [0, 0.1) is 6.92 Å². The molecule has 0 unspecified atom stereocenters. The van der Waals surface area contributed by atoms with E-state index < -0.39 is 0 Å². The molecular weight excluding hydrogens is 300 g/mol. The van der Waals surface area contributed by atoms with Gasteiger partial charge < -0.3 is 10.6 Å². The van der Waals surface area contributed by atoms with Crippen LogP contribution in [0.25, 0.3) is 0 Å². The fourth-order valence-corrected chi connectivity index (χ4v) is 2.46. The molecule has 24 heavy (non-hydrogen) atoms. The Labute approximate surface area is 143 Å². The van der Waals surface area contributed by atoms with Crippen LogP contribution in [0.3, 0.4) is 0 Å². The number of hydrogen-bond acceptors (Lipinski definition) is 4. The largest absolute Gasteiger partial charge is 0.351 e. The first-order valence-corrected chi connectivity index (χ1v) is 8.31. The van der Waals surface area contributed by atoms with Gasteiger partial charge in [0.2, 0.25) is 0 Å². The summed E-state index contributed by atoms with van der Waals surface area (Å²) >= 11 is 0. The van der Waals surface area contributed by atoms with Gasteiger partial charge in [0.1, 0.15) is 17.3 Å². The maximum Gasteiger partial charge on any atom is 0.270 e. The molecule has 0 aliphatic heterocycles. The zero-order valence-corrected chi connectivity index (χ0v) is 15.1. The molecule has 0 saturated carbocycles. The molecule has 1 heterocycles. The van der Waals surface area contributed by atoms with Gasteiger partial charge in [0.25, 0.3) is 5.91 Å². The molecule has 0 spiro atoms. The second kappa shape index (κ2) is 7.43. The van der Waals surface area contributed by atoms with Crippen LogP contribution in [0.1, 0.15) is 56.0 Å². The molecule has 0 atom stereocenters. The van der Waals surface area contributed by atoms with Gasteiger partial charge in [0.05, 0.1) is 0 Å². The Morgan fingerprint density at radius 2 is 1.88 bits per heavy atom. The van der Waals surface area contributed by atoms with Crippen LogP contribution in [0.2, 0.25) is 0 Å². The molecule has 5 heteroatoms. The van der Waals surface area contributed by atoms with E-state index in [1.54, 1.807) is 13.0 Å². The van der Waals surface area contributed by atoms with Gasteiger partial charge in [-0.15, -0.1) is 0 Å². The first-order chi connectivity index (χ1) is 11.3. The molecule has 0 aliphatic rings. The quantitative estimate of drug-likeness (QED) is 0.872. The van der Waals surface area contributed by atoms with Crippen LogP contribution < -0.4 is 10.6 Å². The number of nitrogens with one attached hydrogen (secondary N) is 2. The number of carbonyl (C=O) groups excluding carboxylic acids is 1. The Bertz CT molecular complexity index is 720. The van der Waals surface area contributed by atoms with Crippen LogP contribution >= 0.6 is 0 Å². The zero-order valence-electron chi connectivity index (χ0n) is 15.1. The van der Waals surface area contributed by atoms with E-state index in [1.807, 2.05) is 25.1 Å². The highest BCUT2D eigenvalue weighted by molar-refractivity contribution is 5.93. The van der Waals surface area contributed by atoms with Crippen molar-refractivity contribution in [2.75, 3.05) is 11.9 Å². The molecule has 0 radical (unpaired) electrons. The number of para-hydroxylation sites is 1. The second-order valence-electron chi connectivity index (χ2n) is 6.86.